The molecule has 0 radical (unpaired) electrons. The minimum absolute atomic E-state index is 0.0710. The Balaban J connectivity index is 1.66. The van der Waals surface area contributed by atoms with Crippen LogP contribution in [0, 0.1) is 23.0 Å². The molecule has 1 unspecified atom stereocenters. The molecule has 1 aromatic heterocycles. The monoisotopic (exact) mass is 378 g/mol. The average Bonchev–Trinajstić information content (AvgIpc) is 3.18. The first-order valence-electron chi connectivity index (χ1n) is 9.46. The van der Waals surface area contributed by atoms with E-state index in [4.69, 9.17) is 4.52 Å². The van der Waals surface area contributed by atoms with Crippen LogP contribution in [0.15, 0.2) is 47.0 Å². The fraction of sp³-hybridized carbons (Fsp3) is 0.333. The van der Waals surface area contributed by atoms with Gasteiger partial charge in [0.15, 0.2) is 0 Å². The lowest BCUT2D eigenvalue weighted by Gasteiger charge is -2.32. The number of anilines is 1. The lowest BCUT2D eigenvalue weighted by atomic mass is 9.99. The van der Waals surface area contributed by atoms with Crippen molar-refractivity contribution in [3.05, 3.63) is 58.1 Å². The predicted molar refractivity (Wildman–Crippen MR) is 107 cm³/mol. The maximum atomic E-state index is 11.7. The summed E-state index contributed by atoms with van der Waals surface area (Å²) >= 11 is 0. The molecule has 2 aromatic carbocycles. The maximum absolute atomic E-state index is 11.7. The second kappa shape index (κ2) is 7.42. The predicted octanol–water partition coefficient (Wildman–Crippen LogP) is 4.86. The van der Waals surface area contributed by atoms with Crippen LogP contribution in [0.2, 0.25) is 0 Å². The smallest absolute Gasteiger partial charge is 0.293 e. The van der Waals surface area contributed by atoms with Gasteiger partial charge in [0.05, 0.1) is 4.92 Å². The zero-order chi connectivity index (χ0) is 19.7. The fourth-order valence-electron chi connectivity index (χ4n) is 3.64. The summed E-state index contributed by atoms with van der Waals surface area (Å²) < 4.78 is 5.38. The molecule has 0 aliphatic carbocycles. The largest absolute Gasteiger partial charge is 0.366 e. The van der Waals surface area contributed by atoms with E-state index in [-0.39, 0.29) is 16.5 Å². The van der Waals surface area contributed by atoms with E-state index < -0.39 is 0 Å². The summed E-state index contributed by atoms with van der Waals surface area (Å²) in [5, 5.41) is 15.7. The fourth-order valence-corrected chi connectivity index (χ4v) is 3.64. The number of nitro benzene ring substituents is 1. The molecular formula is C21H22N4O3. The van der Waals surface area contributed by atoms with E-state index in [2.05, 4.69) is 22.0 Å². The molecule has 3 aromatic rings. The van der Waals surface area contributed by atoms with Crippen LogP contribution >= 0.6 is 0 Å². The first kappa shape index (κ1) is 18.2. The number of hydrogen-bond donors (Lipinski definition) is 0. The van der Waals surface area contributed by atoms with Gasteiger partial charge < -0.3 is 9.42 Å². The van der Waals surface area contributed by atoms with Crippen molar-refractivity contribution in [2.45, 2.75) is 26.7 Å². The molecule has 1 fully saturated rings. The number of aromatic nitrogens is 2. The molecule has 7 nitrogen and oxygen atoms in total. The molecule has 0 amide bonds. The highest BCUT2D eigenvalue weighted by Crippen LogP contribution is 2.35. The minimum atomic E-state index is -0.338. The number of rotatable bonds is 4. The third-order valence-corrected chi connectivity index (χ3v) is 5.15. The molecule has 1 aliphatic rings. The summed E-state index contributed by atoms with van der Waals surface area (Å²) in [6.45, 7) is 5.85. The van der Waals surface area contributed by atoms with Crippen LogP contribution in [-0.4, -0.2) is 28.2 Å². The topological polar surface area (TPSA) is 85.3 Å². The highest BCUT2D eigenvalue weighted by molar-refractivity contribution is 5.71. The van der Waals surface area contributed by atoms with Crippen molar-refractivity contribution in [3.8, 4) is 22.8 Å². The average molecular weight is 378 g/mol. The Labute approximate surface area is 163 Å². The Morgan fingerprint density at radius 2 is 1.93 bits per heavy atom. The van der Waals surface area contributed by atoms with Crippen molar-refractivity contribution in [2.24, 2.45) is 5.92 Å². The van der Waals surface area contributed by atoms with Gasteiger partial charge in [0, 0.05) is 30.3 Å². The highest BCUT2D eigenvalue weighted by Gasteiger charge is 2.25. The standard InChI is InChI=1S/C21H22N4O3/c1-14-5-7-16(8-6-14)20-22-21(28-23-20)17-9-10-18(19(12-17)25(26)27)24-11-3-4-15(2)13-24/h5-10,12,15H,3-4,11,13H2,1-2H3. The molecule has 7 heteroatoms. The van der Waals surface area contributed by atoms with Crippen LogP contribution in [0.5, 0.6) is 0 Å². The summed E-state index contributed by atoms with van der Waals surface area (Å²) in [5.74, 6) is 1.27. The van der Waals surface area contributed by atoms with Crippen LogP contribution in [0.25, 0.3) is 22.8 Å². The maximum Gasteiger partial charge on any atom is 0.293 e. The van der Waals surface area contributed by atoms with Gasteiger partial charge in [-0.05, 0) is 37.8 Å². The number of nitrogens with zero attached hydrogens (tertiary/aromatic N) is 4. The van der Waals surface area contributed by atoms with Crippen LogP contribution in [0.1, 0.15) is 25.3 Å². The van der Waals surface area contributed by atoms with Crippen LogP contribution in [-0.2, 0) is 0 Å². The lowest BCUT2D eigenvalue weighted by molar-refractivity contribution is -0.384. The second-order valence-corrected chi connectivity index (χ2v) is 7.44. The zero-order valence-electron chi connectivity index (χ0n) is 16.0. The summed E-state index contributed by atoms with van der Waals surface area (Å²) in [4.78, 5) is 17.9. The number of benzene rings is 2. The van der Waals surface area contributed by atoms with Crippen LogP contribution < -0.4 is 4.90 Å². The van der Waals surface area contributed by atoms with E-state index >= 15 is 0 Å². The Morgan fingerprint density at radius 3 is 2.64 bits per heavy atom. The first-order valence-corrected chi connectivity index (χ1v) is 9.46. The highest BCUT2D eigenvalue weighted by atomic mass is 16.6. The van der Waals surface area contributed by atoms with E-state index in [1.807, 2.05) is 37.3 Å². The normalized spacial score (nSPS) is 16.9. The molecule has 0 saturated carbocycles. The number of aryl methyl sites for hydroxylation is 1. The summed E-state index contributed by atoms with van der Waals surface area (Å²) in [6, 6.07) is 12.9. The van der Waals surface area contributed by atoms with E-state index in [0.29, 0.717) is 23.0 Å². The molecule has 1 saturated heterocycles. The third-order valence-electron chi connectivity index (χ3n) is 5.15. The Hall–Kier alpha value is -3.22. The van der Waals surface area contributed by atoms with Gasteiger partial charge >= 0.3 is 0 Å². The summed E-state index contributed by atoms with van der Waals surface area (Å²) in [7, 11) is 0. The van der Waals surface area contributed by atoms with Crippen LogP contribution in [0.3, 0.4) is 0 Å². The Kier molecular flexibility index (Phi) is 4.81. The van der Waals surface area contributed by atoms with Gasteiger partial charge in [0.2, 0.25) is 5.82 Å². The Morgan fingerprint density at radius 1 is 1.18 bits per heavy atom. The van der Waals surface area contributed by atoms with Crippen molar-refractivity contribution >= 4 is 11.4 Å². The van der Waals surface area contributed by atoms with Crippen molar-refractivity contribution < 1.29 is 9.45 Å². The quantitative estimate of drug-likeness (QED) is 0.476. The summed E-state index contributed by atoms with van der Waals surface area (Å²) in [6.07, 6.45) is 2.20. The molecular weight excluding hydrogens is 356 g/mol. The second-order valence-electron chi connectivity index (χ2n) is 7.44. The van der Waals surface area contributed by atoms with Crippen molar-refractivity contribution in [3.63, 3.8) is 0 Å². The number of nitro groups is 1. The molecule has 1 atom stereocenters. The van der Waals surface area contributed by atoms with Crippen molar-refractivity contribution in [2.75, 3.05) is 18.0 Å². The first-order chi connectivity index (χ1) is 13.5. The molecule has 2 heterocycles. The van der Waals surface area contributed by atoms with E-state index in [9.17, 15) is 10.1 Å². The SMILES string of the molecule is Cc1ccc(-c2noc(-c3ccc(N4CCCC(C)C4)c([N+](=O)[O-])c3)n2)cc1. The van der Waals surface area contributed by atoms with Crippen molar-refractivity contribution in [1.29, 1.82) is 0 Å². The molecule has 0 bridgehead atoms. The van der Waals surface area contributed by atoms with E-state index in [1.165, 1.54) is 6.07 Å². The Bertz CT molecular complexity index is 997. The summed E-state index contributed by atoms with van der Waals surface area (Å²) in [5.41, 5.74) is 3.26. The molecule has 28 heavy (non-hydrogen) atoms. The minimum Gasteiger partial charge on any atom is -0.366 e. The van der Waals surface area contributed by atoms with Crippen LogP contribution in [0.4, 0.5) is 11.4 Å². The van der Waals surface area contributed by atoms with Crippen molar-refractivity contribution in [1.82, 2.24) is 10.1 Å². The van der Waals surface area contributed by atoms with Gasteiger partial charge in [0.25, 0.3) is 11.6 Å². The van der Waals surface area contributed by atoms with Gasteiger partial charge in [-0.15, -0.1) is 0 Å². The molecule has 144 valence electrons. The van der Waals surface area contributed by atoms with E-state index in [0.717, 1.165) is 37.1 Å². The molecule has 4 rings (SSSR count). The molecule has 0 N–H and O–H groups in total. The lowest BCUT2D eigenvalue weighted by Crippen LogP contribution is -2.34. The van der Waals surface area contributed by atoms with Gasteiger partial charge in [0.1, 0.15) is 5.69 Å². The van der Waals surface area contributed by atoms with Gasteiger partial charge in [-0.1, -0.05) is 41.9 Å². The van der Waals surface area contributed by atoms with Gasteiger partial charge in [-0.3, -0.25) is 10.1 Å². The third kappa shape index (κ3) is 3.60. The zero-order valence-corrected chi connectivity index (χ0v) is 16.0. The molecule has 1 aliphatic heterocycles. The number of hydrogen-bond acceptors (Lipinski definition) is 6. The molecule has 0 spiro atoms. The van der Waals surface area contributed by atoms with Gasteiger partial charge in [-0.2, -0.15) is 4.98 Å². The van der Waals surface area contributed by atoms with E-state index in [1.54, 1.807) is 6.07 Å². The van der Waals surface area contributed by atoms with Gasteiger partial charge in [-0.25, -0.2) is 0 Å². The number of piperidine rings is 1.